The zero-order chi connectivity index (χ0) is 13.8. The van der Waals surface area contributed by atoms with Crippen molar-refractivity contribution in [1.29, 1.82) is 0 Å². The van der Waals surface area contributed by atoms with Crippen LogP contribution >= 0.6 is 11.6 Å². The summed E-state index contributed by atoms with van der Waals surface area (Å²) >= 11 is 5.92. The molecule has 0 saturated heterocycles. The van der Waals surface area contributed by atoms with Gasteiger partial charge in [-0.05, 0) is 30.2 Å². The maximum atomic E-state index is 6.02. The number of nitrogen functional groups attached to an aromatic ring is 1. The number of nitrogens with zero attached hydrogens (tertiary/aromatic N) is 2. The Morgan fingerprint density at radius 3 is 2.84 bits per heavy atom. The molecule has 0 fully saturated rings. The zero-order valence-corrected chi connectivity index (χ0v) is 11.6. The summed E-state index contributed by atoms with van der Waals surface area (Å²) in [4.78, 5) is 0. The van der Waals surface area contributed by atoms with Gasteiger partial charge in [-0.15, -0.1) is 0 Å². The molecule has 1 aromatic heterocycles. The Morgan fingerprint density at radius 1 is 1.42 bits per heavy atom. The van der Waals surface area contributed by atoms with Crippen molar-refractivity contribution in [2.24, 2.45) is 5.84 Å². The summed E-state index contributed by atoms with van der Waals surface area (Å²) in [5.74, 6) is 5.69. The van der Waals surface area contributed by atoms with Crippen molar-refractivity contribution in [1.82, 2.24) is 15.2 Å². The Kier molecular flexibility index (Phi) is 4.42. The van der Waals surface area contributed by atoms with E-state index in [4.69, 9.17) is 23.2 Å². The van der Waals surface area contributed by atoms with Crippen molar-refractivity contribution in [2.45, 2.75) is 25.9 Å². The first-order valence-electron chi connectivity index (χ1n) is 6.20. The fraction of sp³-hybridized carbons (Fsp3) is 0.308. The standard InChI is InChI=1S/C13H18ClN5/c1-2-7-19-12(5-6-17-19)13(18-16)10-4-3-9(14)8-11(10)15/h3-6,8,13,18H,2,7,15-16H2,1H3. The first-order chi connectivity index (χ1) is 9.17. The molecule has 0 amide bonds. The fourth-order valence-electron chi connectivity index (χ4n) is 2.13. The molecule has 102 valence electrons. The number of nitrogens with one attached hydrogen (secondary N) is 1. The minimum atomic E-state index is -0.202. The van der Waals surface area contributed by atoms with Gasteiger partial charge < -0.3 is 5.73 Å². The average molecular weight is 280 g/mol. The van der Waals surface area contributed by atoms with Gasteiger partial charge in [0.2, 0.25) is 0 Å². The Hall–Kier alpha value is -1.56. The van der Waals surface area contributed by atoms with Crippen LogP contribution in [0.15, 0.2) is 30.5 Å². The lowest BCUT2D eigenvalue weighted by molar-refractivity contribution is 0.521. The second-order valence-electron chi connectivity index (χ2n) is 4.35. The summed E-state index contributed by atoms with van der Waals surface area (Å²) in [6, 6.07) is 7.14. The van der Waals surface area contributed by atoms with Crippen LogP contribution in [0.25, 0.3) is 0 Å². The molecule has 1 heterocycles. The molecule has 1 aromatic carbocycles. The molecule has 0 aliphatic carbocycles. The Morgan fingerprint density at radius 2 is 2.21 bits per heavy atom. The summed E-state index contributed by atoms with van der Waals surface area (Å²) in [6.45, 7) is 2.95. The van der Waals surface area contributed by atoms with Gasteiger partial charge in [0.1, 0.15) is 0 Å². The van der Waals surface area contributed by atoms with Crippen LogP contribution in [0.3, 0.4) is 0 Å². The lowest BCUT2D eigenvalue weighted by Gasteiger charge is -2.19. The lowest BCUT2D eigenvalue weighted by atomic mass is 10.0. The fourth-order valence-corrected chi connectivity index (χ4v) is 2.31. The molecule has 0 aliphatic heterocycles. The maximum Gasteiger partial charge on any atom is 0.0898 e. The Balaban J connectivity index is 2.41. The number of rotatable bonds is 5. The van der Waals surface area contributed by atoms with Gasteiger partial charge in [-0.1, -0.05) is 24.6 Å². The number of nitrogens with two attached hydrogens (primary N) is 2. The molecule has 0 spiro atoms. The second kappa shape index (κ2) is 6.06. The van der Waals surface area contributed by atoms with Crippen molar-refractivity contribution in [2.75, 3.05) is 5.73 Å². The Bertz CT molecular complexity index is 552. The molecule has 2 aromatic rings. The number of aromatic nitrogens is 2. The molecule has 5 nitrogen and oxygen atoms in total. The Labute approximate surface area is 117 Å². The van der Waals surface area contributed by atoms with Gasteiger partial charge in [0.05, 0.1) is 11.7 Å². The number of halogens is 1. The third-order valence-electron chi connectivity index (χ3n) is 3.01. The van der Waals surface area contributed by atoms with Crippen LogP contribution in [-0.2, 0) is 6.54 Å². The van der Waals surface area contributed by atoms with Gasteiger partial charge in [-0.3, -0.25) is 10.5 Å². The molecule has 2 rings (SSSR count). The van der Waals surface area contributed by atoms with Gasteiger partial charge in [0.25, 0.3) is 0 Å². The first-order valence-corrected chi connectivity index (χ1v) is 6.58. The number of aryl methyl sites for hydroxylation is 1. The van der Waals surface area contributed by atoms with Crippen LogP contribution in [0.2, 0.25) is 5.02 Å². The SMILES string of the molecule is CCCn1nccc1C(NN)c1ccc(Cl)cc1N. The van der Waals surface area contributed by atoms with E-state index in [0.717, 1.165) is 24.2 Å². The highest BCUT2D eigenvalue weighted by Gasteiger charge is 2.19. The predicted octanol–water partition coefficient (Wildman–Crippen LogP) is 2.08. The highest BCUT2D eigenvalue weighted by molar-refractivity contribution is 6.30. The minimum absolute atomic E-state index is 0.202. The highest BCUT2D eigenvalue weighted by atomic mass is 35.5. The van der Waals surface area contributed by atoms with Gasteiger partial charge in [-0.25, -0.2) is 5.43 Å². The van der Waals surface area contributed by atoms with Crippen LogP contribution in [-0.4, -0.2) is 9.78 Å². The molecule has 19 heavy (non-hydrogen) atoms. The van der Waals surface area contributed by atoms with Crippen LogP contribution in [0.4, 0.5) is 5.69 Å². The van der Waals surface area contributed by atoms with E-state index in [-0.39, 0.29) is 6.04 Å². The smallest absolute Gasteiger partial charge is 0.0898 e. The summed E-state index contributed by atoms with van der Waals surface area (Å²) in [5, 5.41) is 4.91. The van der Waals surface area contributed by atoms with Crippen molar-refractivity contribution in [3.8, 4) is 0 Å². The third kappa shape index (κ3) is 2.89. The second-order valence-corrected chi connectivity index (χ2v) is 4.79. The maximum absolute atomic E-state index is 6.02. The summed E-state index contributed by atoms with van der Waals surface area (Å²) in [7, 11) is 0. The van der Waals surface area contributed by atoms with Crippen LogP contribution in [0.1, 0.15) is 30.6 Å². The van der Waals surface area contributed by atoms with Gasteiger partial charge in [-0.2, -0.15) is 5.10 Å². The van der Waals surface area contributed by atoms with Crippen LogP contribution in [0, 0.1) is 0 Å². The predicted molar refractivity (Wildman–Crippen MR) is 77.5 cm³/mol. The van der Waals surface area contributed by atoms with E-state index < -0.39 is 0 Å². The molecule has 6 heteroatoms. The van der Waals surface area contributed by atoms with E-state index in [1.165, 1.54) is 0 Å². The van der Waals surface area contributed by atoms with Crippen molar-refractivity contribution in [3.05, 3.63) is 46.7 Å². The van der Waals surface area contributed by atoms with E-state index in [1.54, 1.807) is 18.3 Å². The van der Waals surface area contributed by atoms with Gasteiger partial charge >= 0.3 is 0 Å². The van der Waals surface area contributed by atoms with Crippen LogP contribution in [0.5, 0.6) is 0 Å². The highest BCUT2D eigenvalue weighted by Crippen LogP contribution is 2.28. The monoisotopic (exact) mass is 279 g/mol. The summed E-state index contributed by atoms with van der Waals surface area (Å²) in [5.41, 5.74) is 11.3. The molecule has 0 aliphatic rings. The van der Waals surface area contributed by atoms with Gasteiger partial charge in [0.15, 0.2) is 0 Å². The summed E-state index contributed by atoms with van der Waals surface area (Å²) in [6.07, 6.45) is 2.77. The number of benzene rings is 1. The number of hydrogen-bond donors (Lipinski definition) is 3. The third-order valence-corrected chi connectivity index (χ3v) is 3.24. The normalized spacial score (nSPS) is 12.6. The molecule has 0 bridgehead atoms. The van der Waals surface area contributed by atoms with E-state index >= 15 is 0 Å². The van der Waals surface area contributed by atoms with E-state index in [2.05, 4.69) is 17.4 Å². The number of hydrogen-bond acceptors (Lipinski definition) is 4. The molecule has 5 N–H and O–H groups in total. The molecule has 1 unspecified atom stereocenters. The van der Waals surface area contributed by atoms with Crippen molar-refractivity contribution < 1.29 is 0 Å². The topological polar surface area (TPSA) is 81.9 Å². The molecular weight excluding hydrogens is 262 g/mol. The molecule has 1 atom stereocenters. The van der Waals surface area contributed by atoms with Gasteiger partial charge in [0, 0.05) is 23.5 Å². The minimum Gasteiger partial charge on any atom is -0.398 e. The van der Waals surface area contributed by atoms with E-state index in [1.807, 2.05) is 16.8 Å². The zero-order valence-electron chi connectivity index (χ0n) is 10.8. The van der Waals surface area contributed by atoms with E-state index in [9.17, 15) is 0 Å². The largest absolute Gasteiger partial charge is 0.398 e. The van der Waals surface area contributed by atoms with Crippen LogP contribution < -0.4 is 17.0 Å². The van der Waals surface area contributed by atoms with Crippen molar-refractivity contribution >= 4 is 17.3 Å². The van der Waals surface area contributed by atoms with E-state index in [0.29, 0.717) is 10.7 Å². The molecule has 0 radical (unpaired) electrons. The van der Waals surface area contributed by atoms with Crippen molar-refractivity contribution in [3.63, 3.8) is 0 Å². The number of hydrazine groups is 1. The molecular formula is C13H18ClN5. The average Bonchev–Trinajstić information content (AvgIpc) is 2.82. The quantitative estimate of drug-likeness (QED) is 0.445. The summed E-state index contributed by atoms with van der Waals surface area (Å²) < 4.78 is 1.93. The molecule has 0 saturated carbocycles. The lowest BCUT2D eigenvalue weighted by Crippen LogP contribution is -2.31. The number of anilines is 1. The first kappa shape index (κ1) is 13.9.